The molecule has 0 saturated heterocycles. The van der Waals surface area contributed by atoms with Gasteiger partial charge in [-0.05, 0) is 30.1 Å². The highest BCUT2D eigenvalue weighted by atomic mass is 16.7. The van der Waals surface area contributed by atoms with Gasteiger partial charge in [0.25, 0.3) is 0 Å². The third-order valence-corrected chi connectivity index (χ3v) is 4.71. The Hall–Kier alpha value is -1.64. The van der Waals surface area contributed by atoms with Crippen LogP contribution in [0.4, 0.5) is 0 Å². The normalized spacial score (nSPS) is 18.1. The van der Waals surface area contributed by atoms with E-state index in [0.29, 0.717) is 0 Å². The third-order valence-electron chi connectivity index (χ3n) is 4.71. The lowest BCUT2D eigenvalue weighted by Crippen LogP contribution is -2.37. The summed E-state index contributed by atoms with van der Waals surface area (Å²) in [6.07, 6.45) is 19.6. The SMILES string of the molecule is CCCCCCN(OCCCCC)C1C=CC=CC1=Cc1ccccc1. The van der Waals surface area contributed by atoms with E-state index in [9.17, 15) is 0 Å². The summed E-state index contributed by atoms with van der Waals surface area (Å²) >= 11 is 0. The van der Waals surface area contributed by atoms with Crippen LogP contribution in [-0.4, -0.2) is 24.3 Å². The second kappa shape index (κ2) is 12.7. The average molecular weight is 354 g/mol. The summed E-state index contributed by atoms with van der Waals surface area (Å²) in [5, 5.41) is 2.21. The van der Waals surface area contributed by atoms with E-state index in [2.05, 4.69) is 79.6 Å². The van der Waals surface area contributed by atoms with Gasteiger partial charge >= 0.3 is 0 Å². The molecule has 1 aromatic rings. The molecule has 0 fully saturated rings. The van der Waals surface area contributed by atoms with E-state index >= 15 is 0 Å². The smallest absolute Gasteiger partial charge is 0.0786 e. The van der Waals surface area contributed by atoms with Crippen LogP contribution in [0.5, 0.6) is 0 Å². The van der Waals surface area contributed by atoms with Gasteiger partial charge in [-0.1, -0.05) is 101 Å². The summed E-state index contributed by atoms with van der Waals surface area (Å²) in [6.45, 7) is 6.29. The van der Waals surface area contributed by atoms with E-state index in [1.807, 2.05) is 0 Å². The first-order valence-electron chi connectivity index (χ1n) is 10.4. The standard InChI is InChI=1S/C24H35NO/c1-3-5-7-13-19-25(26-20-14-6-4-2)24-18-12-11-17-23(24)21-22-15-9-8-10-16-22/h8-12,15-18,21,24H,3-7,13-14,19-20H2,1-2H3. The maximum Gasteiger partial charge on any atom is 0.0786 e. The van der Waals surface area contributed by atoms with Crippen molar-refractivity contribution >= 4 is 6.08 Å². The van der Waals surface area contributed by atoms with Gasteiger partial charge < -0.3 is 0 Å². The largest absolute Gasteiger partial charge is 0.298 e. The van der Waals surface area contributed by atoms with Gasteiger partial charge in [0, 0.05) is 6.54 Å². The van der Waals surface area contributed by atoms with Crippen LogP contribution in [0.2, 0.25) is 0 Å². The molecule has 1 aliphatic rings. The van der Waals surface area contributed by atoms with Crippen LogP contribution in [-0.2, 0) is 4.84 Å². The molecule has 0 spiro atoms. The van der Waals surface area contributed by atoms with Gasteiger partial charge in [0.05, 0.1) is 12.6 Å². The zero-order valence-corrected chi connectivity index (χ0v) is 16.6. The van der Waals surface area contributed by atoms with Crippen LogP contribution in [0.3, 0.4) is 0 Å². The van der Waals surface area contributed by atoms with Crippen molar-refractivity contribution in [3.8, 4) is 0 Å². The molecule has 1 aromatic carbocycles. The summed E-state index contributed by atoms with van der Waals surface area (Å²) in [7, 11) is 0. The maximum atomic E-state index is 6.24. The van der Waals surface area contributed by atoms with Crippen LogP contribution in [0.1, 0.15) is 64.4 Å². The number of rotatable bonds is 12. The van der Waals surface area contributed by atoms with Gasteiger partial charge in [-0.25, -0.2) is 0 Å². The lowest BCUT2D eigenvalue weighted by molar-refractivity contribution is -0.170. The minimum Gasteiger partial charge on any atom is -0.298 e. The van der Waals surface area contributed by atoms with Gasteiger partial charge in [0.15, 0.2) is 0 Å². The van der Waals surface area contributed by atoms with Crippen molar-refractivity contribution < 1.29 is 4.84 Å². The fraction of sp³-hybridized carbons (Fsp3) is 0.500. The molecule has 2 rings (SSSR count). The van der Waals surface area contributed by atoms with Crippen LogP contribution in [0.15, 0.2) is 60.2 Å². The lowest BCUT2D eigenvalue weighted by Gasteiger charge is -2.31. The summed E-state index contributed by atoms with van der Waals surface area (Å²) in [5.41, 5.74) is 2.54. The second-order valence-corrected chi connectivity index (χ2v) is 6.99. The highest BCUT2D eigenvalue weighted by Gasteiger charge is 2.21. The molecule has 0 aliphatic heterocycles. The Balaban J connectivity index is 2.06. The predicted octanol–water partition coefficient (Wildman–Crippen LogP) is 6.57. The Labute approximate surface area is 160 Å². The van der Waals surface area contributed by atoms with E-state index in [1.165, 1.54) is 49.7 Å². The third kappa shape index (κ3) is 7.31. The summed E-state index contributed by atoms with van der Waals surface area (Å²) in [5.74, 6) is 0. The first kappa shape index (κ1) is 20.7. The van der Waals surface area contributed by atoms with Crippen molar-refractivity contribution in [1.29, 1.82) is 0 Å². The second-order valence-electron chi connectivity index (χ2n) is 6.99. The molecular weight excluding hydrogens is 318 g/mol. The van der Waals surface area contributed by atoms with Gasteiger partial charge in [-0.3, -0.25) is 4.84 Å². The summed E-state index contributed by atoms with van der Waals surface area (Å²) in [6, 6.07) is 10.8. The molecule has 0 saturated carbocycles. The molecule has 2 heteroatoms. The van der Waals surface area contributed by atoms with Gasteiger partial charge in [-0.15, -0.1) is 0 Å². The molecule has 2 nitrogen and oxygen atoms in total. The van der Waals surface area contributed by atoms with Crippen LogP contribution < -0.4 is 0 Å². The van der Waals surface area contributed by atoms with Crippen molar-refractivity contribution in [1.82, 2.24) is 5.06 Å². The first-order chi connectivity index (χ1) is 12.8. The molecule has 0 amide bonds. The number of nitrogens with zero attached hydrogens (tertiary/aromatic N) is 1. The molecule has 1 atom stereocenters. The minimum atomic E-state index is 0.198. The van der Waals surface area contributed by atoms with E-state index in [4.69, 9.17) is 4.84 Å². The molecular formula is C24H35NO. The summed E-state index contributed by atoms with van der Waals surface area (Å²) in [4.78, 5) is 6.24. The Kier molecular flexibility index (Phi) is 10.1. The predicted molar refractivity (Wildman–Crippen MR) is 113 cm³/mol. The molecule has 0 heterocycles. The quantitative estimate of drug-likeness (QED) is 0.311. The van der Waals surface area contributed by atoms with Crippen LogP contribution in [0.25, 0.3) is 6.08 Å². The van der Waals surface area contributed by atoms with E-state index in [0.717, 1.165) is 19.6 Å². The maximum absolute atomic E-state index is 6.24. The Morgan fingerprint density at radius 1 is 0.923 bits per heavy atom. The van der Waals surface area contributed by atoms with E-state index < -0.39 is 0 Å². The Morgan fingerprint density at radius 2 is 1.69 bits per heavy atom. The van der Waals surface area contributed by atoms with E-state index in [1.54, 1.807) is 0 Å². The van der Waals surface area contributed by atoms with Gasteiger partial charge in [0.2, 0.25) is 0 Å². The van der Waals surface area contributed by atoms with Crippen molar-refractivity contribution in [3.63, 3.8) is 0 Å². The van der Waals surface area contributed by atoms with Gasteiger partial charge in [0.1, 0.15) is 0 Å². The van der Waals surface area contributed by atoms with Crippen molar-refractivity contribution in [2.45, 2.75) is 64.8 Å². The highest BCUT2D eigenvalue weighted by Crippen LogP contribution is 2.22. The highest BCUT2D eigenvalue weighted by molar-refractivity contribution is 5.59. The first-order valence-corrected chi connectivity index (χ1v) is 10.4. The minimum absolute atomic E-state index is 0.198. The average Bonchev–Trinajstić information content (AvgIpc) is 2.68. The molecule has 0 bridgehead atoms. The van der Waals surface area contributed by atoms with Gasteiger partial charge in [-0.2, -0.15) is 5.06 Å². The number of hydrogen-bond acceptors (Lipinski definition) is 2. The molecule has 0 aromatic heterocycles. The molecule has 1 unspecified atom stereocenters. The Morgan fingerprint density at radius 3 is 2.46 bits per heavy atom. The topological polar surface area (TPSA) is 12.5 Å². The monoisotopic (exact) mass is 353 g/mol. The fourth-order valence-corrected chi connectivity index (χ4v) is 3.20. The number of hydroxylamine groups is 2. The molecule has 1 aliphatic carbocycles. The van der Waals surface area contributed by atoms with Crippen molar-refractivity contribution in [2.75, 3.05) is 13.2 Å². The Bertz CT molecular complexity index is 561. The lowest BCUT2D eigenvalue weighted by atomic mass is 9.98. The van der Waals surface area contributed by atoms with E-state index in [-0.39, 0.29) is 6.04 Å². The van der Waals surface area contributed by atoms with Crippen molar-refractivity contribution in [3.05, 3.63) is 65.8 Å². The number of allylic oxidation sites excluding steroid dienone is 2. The number of unbranched alkanes of at least 4 members (excludes halogenated alkanes) is 5. The summed E-state index contributed by atoms with van der Waals surface area (Å²) < 4.78 is 0. The van der Waals surface area contributed by atoms with Crippen LogP contribution >= 0.6 is 0 Å². The molecule has 26 heavy (non-hydrogen) atoms. The van der Waals surface area contributed by atoms with Crippen molar-refractivity contribution in [2.24, 2.45) is 0 Å². The zero-order chi connectivity index (χ0) is 18.5. The van der Waals surface area contributed by atoms with Crippen LogP contribution in [0, 0.1) is 0 Å². The fourth-order valence-electron chi connectivity index (χ4n) is 3.20. The molecule has 0 N–H and O–H groups in total. The molecule has 142 valence electrons. The number of benzene rings is 1. The zero-order valence-electron chi connectivity index (χ0n) is 16.6. The number of hydrogen-bond donors (Lipinski definition) is 0. The molecule has 0 radical (unpaired) electrons.